The van der Waals surface area contributed by atoms with Crippen molar-refractivity contribution in [2.45, 2.75) is 51.2 Å². The Morgan fingerprint density at radius 2 is 1.92 bits per heavy atom. The standard InChI is InChI=1S/C18H24F3NO2/c1-2-3-8-16(22-11-9-13(10-12-22)17(23)24)14-6-4-5-7-15(14)18(19,20)21/h4-7,13,16H,2-3,8-12H2,1H3,(H,23,24). The van der Waals surface area contributed by atoms with Gasteiger partial charge in [-0.25, -0.2) is 0 Å². The quantitative estimate of drug-likeness (QED) is 0.811. The predicted molar refractivity (Wildman–Crippen MR) is 85.6 cm³/mol. The minimum Gasteiger partial charge on any atom is -0.481 e. The van der Waals surface area contributed by atoms with E-state index in [0.717, 1.165) is 18.9 Å². The Morgan fingerprint density at radius 1 is 1.29 bits per heavy atom. The second-order valence-electron chi connectivity index (χ2n) is 6.39. The van der Waals surface area contributed by atoms with Crippen LogP contribution in [0.15, 0.2) is 24.3 Å². The zero-order valence-electron chi connectivity index (χ0n) is 13.9. The molecule has 1 aromatic rings. The van der Waals surface area contributed by atoms with Crippen LogP contribution in [0.4, 0.5) is 13.2 Å². The molecule has 1 heterocycles. The molecular formula is C18H24F3NO2. The van der Waals surface area contributed by atoms with Crippen molar-refractivity contribution in [2.24, 2.45) is 5.92 Å². The number of aliphatic carboxylic acids is 1. The third-order valence-electron chi connectivity index (χ3n) is 4.78. The Kier molecular flexibility index (Phi) is 6.27. The lowest BCUT2D eigenvalue weighted by Crippen LogP contribution is -2.39. The van der Waals surface area contributed by atoms with E-state index < -0.39 is 17.7 Å². The summed E-state index contributed by atoms with van der Waals surface area (Å²) in [6, 6.07) is 5.45. The van der Waals surface area contributed by atoms with E-state index >= 15 is 0 Å². The van der Waals surface area contributed by atoms with Crippen LogP contribution < -0.4 is 0 Å². The molecule has 1 aliphatic rings. The van der Waals surface area contributed by atoms with Crippen LogP contribution in [0.2, 0.25) is 0 Å². The molecule has 1 aliphatic heterocycles. The van der Waals surface area contributed by atoms with Crippen molar-refractivity contribution >= 4 is 5.97 Å². The van der Waals surface area contributed by atoms with E-state index in [9.17, 15) is 18.0 Å². The molecule has 0 aliphatic carbocycles. The van der Waals surface area contributed by atoms with E-state index in [2.05, 4.69) is 0 Å². The number of nitrogens with zero attached hydrogens (tertiary/aromatic N) is 1. The third-order valence-corrected chi connectivity index (χ3v) is 4.78. The Labute approximate surface area is 140 Å². The summed E-state index contributed by atoms with van der Waals surface area (Å²) in [6.07, 6.45) is -0.980. The number of alkyl halides is 3. The second kappa shape index (κ2) is 8.01. The van der Waals surface area contributed by atoms with Gasteiger partial charge in [-0.2, -0.15) is 13.2 Å². The van der Waals surface area contributed by atoms with E-state index in [1.165, 1.54) is 6.07 Å². The maximum atomic E-state index is 13.4. The van der Waals surface area contributed by atoms with E-state index in [1.807, 2.05) is 11.8 Å². The SMILES string of the molecule is CCCCC(c1ccccc1C(F)(F)F)N1CCC(C(=O)O)CC1. The van der Waals surface area contributed by atoms with Crippen LogP contribution in [-0.4, -0.2) is 29.1 Å². The van der Waals surface area contributed by atoms with Crippen molar-refractivity contribution in [3.8, 4) is 0 Å². The molecule has 1 unspecified atom stereocenters. The number of hydrogen-bond donors (Lipinski definition) is 1. The summed E-state index contributed by atoms with van der Waals surface area (Å²) in [4.78, 5) is 13.1. The Bertz CT molecular complexity index is 551. The second-order valence-corrected chi connectivity index (χ2v) is 6.39. The number of carboxylic acids is 1. The van der Waals surface area contributed by atoms with Gasteiger partial charge in [-0.1, -0.05) is 38.0 Å². The summed E-state index contributed by atoms with van der Waals surface area (Å²) in [7, 11) is 0. The fourth-order valence-electron chi connectivity index (χ4n) is 3.44. The molecule has 0 spiro atoms. The molecule has 0 amide bonds. The lowest BCUT2D eigenvalue weighted by molar-refractivity contribution is -0.143. The van der Waals surface area contributed by atoms with Crippen LogP contribution >= 0.6 is 0 Å². The van der Waals surface area contributed by atoms with Gasteiger partial charge < -0.3 is 5.11 Å². The Balaban J connectivity index is 2.25. The maximum absolute atomic E-state index is 13.4. The van der Waals surface area contributed by atoms with Crippen molar-refractivity contribution in [3.63, 3.8) is 0 Å². The Morgan fingerprint density at radius 3 is 2.46 bits per heavy atom. The van der Waals surface area contributed by atoms with Crippen LogP contribution in [0, 0.1) is 5.92 Å². The van der Waals surface area contributed by atoms with Crippen molar-refractivity contribution in [1.82, 2.24) is 4.90 Å². The summed E-state index contributed by atoms with van der Waals surface area (Å²) >= 11 is 0. The normalized spacial score (nSPS) is 18.5. The van der Waals surface area contributed by atoms with Crippen LogP contribution in [0.25, 0.3) is 0 Å². The fourth-order valence-corrected chi connectivity index (χ4v) is 3.44. The van der Waals surface area contributed by atoms with E-state index in [4.69, 9.17) is 5.11 Å². The first-order valence-corrected chi connectivity index (χ1v) is 8.47. The monoisotopic (exact) mass is 343 g/mol. The van der Waals surface area contributed by atoms with Gasteiger partial charge in [0.25, 0.3) is 0 Å². The molecular weight excluding hydrogens is 319 g/mol. The molecule has 3 nitrogen and oxygen atoms in total. The predicted octanol–water partition coefficient (Wildman–Crippen LogP) is 4.73. The first-order valence-electron chi connectivity index (χ1n) is 8.47. The molecule has 1 saturated heterocycles. The molecule has 6 heteroatoms. The van der Waals surface area contributed by atoms with Crippen LogP contribution in [0.3, 0.4) is 0 Å². The van der Waals surface area contributed by atoms with Crippen LogP contribution in [-0.2, 0) is 11.0 Å². The van der Waals surface area contributed by atoms with Gasteiger partial charge >= 0.3 is 12.1 Å². The number of unbranched alkanes of at least 4 members (excludes halogenated alkanes) is 1. The summed E-state index contributed by atoms with van der Waals surface area (Å²) in [5, 5.41) is 9.11. The highest BCUT2D eigenvalue weighted by Crippen LogP contribution is 2.39. The lowest BCUT2D eigenvalue weighted by atomic mass is 9.90. The largest absolute Gasteiger partial charge is 0.481 e. The molecule has 1 aromatic carbocycles. The van der Waals surface area contributed by atoms with Gasteiger partial charge in [-0.3, -0.25) is 9.69 Å². The number of benzene rings is 1. The van der Waals surface area contributed by atoms with Gasteiger partial charge in [0.05, 0.1) is 11.5 Å². The highest BCUT2D eigenvalue weighted by molar-refractivity contribution is 5.70. The van der Waals surface area contributed by atoms with Crippen molar-refractivity contribution < 1.29 is 23.1 Å². The molecule has 1 atom stereocenters. The molecule has 0 aromatic heterocycles. The van der Waals surface area contributed by atoms with Gasteiger partial charge in [-0.05, 0) is 44.0 Å². The highest BCUT2D eigenvalue weighted by Gasteiger charge is 2.37. The minimum atomic E-state index is -4.37. The summed E-state index contributed by atoms with van der Waals surface area (Å²) < 4.78 is 40.1. The van der Waals surface area contributed by atoms with Crippen LogP contribution in [0.1, 0.15) is 56.2 Å². The van der Waals surface area contributed by atoms with Crippen LogP contribution in [0.5, 0.6) is 0 Å². The van der Waals surface area contributed by atoms with E-state index in [1.54, 1.807) is 12.1 Å². The van der Waals surface area contributed by atoms with Crippen molar-refractivity contribution in [1.29, 1.82) is 0 Å². The number of likely N-dealkylation sites (tertiary alicyclic amines) is 1. The third kappa shape index (κ3) is 4.50. The zero-order valence-corrected chi connectivity index (χ0v) is 13.9. The van der Waals surface area contributed by atoms with E-state index in [-0.39, 0.29) is 12.0 Å². The topological polar surface area (TPSA) is 40.5 Å². The van der Waals surface area contributed by atoms with Gasteiger partial charge in [0.1, 0.15) is 0 Å². The number of carboxylic acid groups (broad SMARTS) is 1. The average Bonchev–Trinajstić information content (AvgIpc) is 2.55. The summed E-state index contributed by atoms with van der Waals surface area (Å²) in [5.74, 6) is -1.19. The first kappa shape index (κ1) is 18.8. The summed E-state index contributed by atoms with van der Waals surface area (Å²) in [5.41, 5.74) is -0.265. The number of carbonyl (C=O) groups is 1. The lowest BCUT2D eigenvalue weighted by Gasteiger charge is -2.37. The number of halogens is 3. The smallest absolute Gasteiger partial charge is 0.416 e. The average molecular weight is 343 g/mol. The maximum Gasteiger partial charge on any atom is 0.416 e. The van der Waals surface area contributed by atoms with Gasteiger partial charge in [0, 0.05) is 6.04 Å². The Hall–Kier alpha value is -1.56. The highest BCUT2D eigenvalue weighted by atomic mass is 19.4. The van der Waals surface area contributed by atoms with Gasteiger partial charge in [-0.15, -0.1) is 0 Å². The number of piperidine rings is 1. The number of rotatable bonds is 6. The minimum absolute atomic E-state index is 0.308. The molecule has 1 fully saturated rings. The number of hydrogen-bond acceptors (Lipinski definition) is 2. The summed E-state index contributed by atoms with van der Waals surface area (Å²) in [6.45, 7) is 3.07. The molecule has 1 N–H and O–H groups in total. The first-order chi connectivity index (χ1) is 11.3. The molecule has 24 heavy (non-hydrogen) atoms. The molecule has 0 saturated carbocycles. The molecule has 2 rings (SSSR count). The molecule has 0 bridgehead atoms. The van der Waals surface area contributed by atoms with Gasteiger partial charge in [0.15, 0.2) is 0 Å². The molecule has 0 radical (unpaired) electrons. The van der Waals surface area contributed by atoms with Crippen molar-refractivity contribution in [2.75, 3.05) is 13.1 Å². The van der Waals surface area contributed by atoms with Crippen molar-refractivity contribution in [3.05, 3.63) is 35.4 Å². The van der Waals surface area contributed by atoms with E-state index in [0.29, 0.717) is 37.9 Å². The van der Waals surface area contributed by atoms with Gasteiger partial charge in [0.2, 0.25) is 0 Å². The molecule has 134 valence electrons. The zero-order chi connectivity index (χ0) is 17.7. The fraction of sp³-hybridized carbons (Fsp3) is 0.611.